The van der Waals surface area contributed by atoms with E-state index >= 15 is 0 Å². The molecule has 0 aliphatic rings. The highest BCUT2D eigenvalue weighted by Crippen LogP contribution is 2.29. The predicted molar refractivity (Wildman–Crippen MR) is 51.9 cm³/mol. The molecule has 2 heteroatoms. The van der Waals surface area contributed by atoms with Crippen LogP contribution in [0.4, 0.5) is 5.69 Å². The molecule has 0 spiro atoms. The molecule has 0 aliphatic heterocycles. The van der Waals surface area contributed by atoms with Crippen molar-refractivity contribution >= 4 is 5.69 Å². The van der Waals surface area contributed by atoms with Crippen LogP contribution in [0.1, 0.15) is 11.1 Å². The van der Waals surface area contributed by atoms with Crippen LogP contribution in [0.5, 0.6) is 5.75 Å². The van der Waals surface area contributed by atoms with Gasteiger partial charge in [-0.3, -0.25) is 0 Å². The number of phenolic OH excluding ortho intramolecular Hbond substituents is 1. The van der Waals surface area contributed by atoms with Crippen LogP contribution in [0.3, 0.4) is 0 Å². The highest BCUT2D eigenvalue weighted by molar-refractivity contribution is 5.62. The second kappa shape index (κ2) is 3.05. The molecule has 0 bridgehead atoms. The van der Waals surface area contributed by atoms with Gasteiger partial charge in [-0.15, -0.1) is 0 Å². The van der Waals surface area contributed by atoms with Crippen molar-refractivity contribution in [1.29, 1.82) is 0 Å². The molecule has 0 saturated heterocycles. The fourth-order valence-electron chi connectivity index (χ4n) is 1.51. The fourth-order valence-corrected chi connectivity index (χ4v) is 1.51. The van der Waals surface area contributed by atoms with E-state index in [9.17, 15) is 5.11 Å². The molecule has 1 N–H and O–H groups in total. The van der Waals surface area contributed by atoms with Gasteiger partial charge in [-0.2, -0.15) is 0 Å². The van der Waals surface area contributed by atoms with Crippen molar-refractivity contribution in [3.05, 3.63) is 23.3 Å². The van der Waals surface area contributed by atoms with Crippen LogP contribution in [-0.4, -0.2) is 19.2 Å². The normalized spacial score (nSPS) is 10.0. The van der Waals surface area contributed by atoms with Crippen LogP contribution < -0.4 is 4.90 Å². The van der Waals surface area contributed by atoms with Crippen LogP contribution in [0, 0.1) is 13.8 Å². The quantitative estimate of drug-likeness (QED) is 0.688. The van der Waals surface area contributed by atoms with Crippen molar-refractivity contribution in [2.75, 3.05) is 19.0 Å². The van der Waals surface area contributed by atoms with E-state index in [-0.39, 0.29) is 0 Å². The molecule has 0 radical (unpaired) electrons. The Balaban J connectivity index is 3.33. The van der Waals surface area contributed by atoms with Crippen LogP contribution in [0.15, 0.2) is 12.1 Å². The third kappa shape index (κ3) is 1.37. The molecule has 0 unspecified atom stereocenters. The number of rotatable bonds is 1. The van der Waals surface area contributed by atoms with E-state index in [0.29, 0.717) is 5.75 Å². The van der Waals surface area contributed by atoms with Crippen LogP contribution in [0.2, 0.25) is 0 Å². The Morgan fingerprint density at radius 3 is 2.17 bits per heavy atom. The molecule has 2 nitrogen and oxygen atoms in total. The number of aromatic hydroxyl groups is 1. The molecule has 1 aromatic carbocycles. The Morgan fingerprint density at radius 1 is 1.17 bits per heavy atom. The number of hydrogen-bond acceptors (Lipinski definition) is 2. The molecule has 0 heterocycles. The van der Waals surface area contributed by atoms with Gasteiger partial charge in [-0.1, -0.05) is 6.07 Å². The zero-order valence-electron chi connectivity index (χ0n) is 8.05. The third-order valence-corrected chi connectivity index (χ3v) is 2.05. The summed E-state index contributed by atoms with van der Waals surface area (Å²) in [7, 11) is 3.96. The molecule has 0 fully saturated rings. The van der Waals surface area contributed by atoms with E-state index in [4.69, 9.17) is 0 Å². The first-order valence-corrected chi connectivity index (χ1v) is 4.00. The minimum Gasteiger partial charge on any atom is -0.508 e. The first-order chi connectivity index (χ1) is 5.54. The maximum Gasteiger partial charge on any atom is 0.120 e. The van der Waals surface area contributed by atoms with Gasteiger partial charge in [0.25, 0.3) is 0 Å². The van der Waals surface area contributed by atoms with Crippen molar-refractivity contribution in [1.82, 2.24) is 0 Å². The Morgan fingerprint density at radius 2 is 1.75 bits per heavy atom. The first-order valence-electron chi connectivity index (χ1n) is 4.00. The second-order valence-electron chi connectivity index (χ2n) is 3.27. The van der Waals surface area contributed by atoms with Crippen molar-refractivity contribution in [2.45, 2.75) is 13.8 Å². The monoisotopic (exact) mass is 165 g/mol. The lowest BCUT2D eigenvalue weighted by Crippen LogP contribution is -2.11. The van der Waals surface area contributed by atoms with Gasteiger partial charge in [0.05, 0.1) is 0 Å². The largest absolute Gasteiger partial charge is 0.508 e. The Kier molecular flexibility index (Phi) is 2.27. The molecule has 66 valence electrons. The highest BCUT2D eigenvalue weighted by Gasteiger charge is 2.07. The molecule has 1 aromatic rings. The molecular formula is C10H15NO. The summed E-state index contributed by atoms with van der Waals surface area (Å²) >= 11 is 0. The van der Waals surface area contributed by atoms with Gasteiger partial charge in [0, 0.05) is 25.3 Å². The van der Waals surface area contributed by atoms with E-state index in [0.717, 1.165) is 11.3 Å². The summed E-state index contributed by atoms with van der Waals surface area (Å²) < 4.78 is 0. The lowest BCUT2D eigenvalue weighted by atomic mass is 10.1. The van der Waals surface area contributed by atoms with Crippen molar-refractivity contribution < 1.29 is 5.11 Å². The molecule has 0 atom stereocenters. The number of aryl methyl sites for hydroxylation is 1. The lowest BCUT2D eigenvalue weighted by molar-refractivity contribution is 0.471. The number of nitrogens with zero attached hydrogens (tertiary/aromatic N) is 1. The zero-order valence-corrected chi connectivity index (χ0v) is 8.05. The summed E-state index contributed by atoms with van der Waals surface area (Å²) in [6.07, 6.45) is 0. The second-order valence-corrected chi connectivity index (χ2v) is 3.27. The number of hydrogen-bond donors (Lipinski definition) is 1. The maximum absolute atomic E-state index is 9.45. The SMILES string of the molecule is Cc1ccc(O)c(C)c1N(C)C. The van der Waals surface area contributed by atoms with Crippen LogP contribution in [-0.2, 0) is 0 Å². The molecule has 0 amide bonds. The summed E-state index contributed by atoms with van der Waals surface area (Å²) in [5, 5.41) is 9.45. The summed E-state index contributed by atoms with van der Waals surface area (Å²) in [4.78, 5) is 2.02. The summed E-state index contributed by atoms with van der Waals surface area (Å²) in [6.45, 7) is 3.97. The zero-order chi connectivity index (χ0) is 9.30. The third-order valence-electron chi connectivity index (χ3n) is 2.05. The molecular weight excluding hydrogens is 150 g/mol. The summed E-state index contributed by atoms with van der Waals surface area (Å²) in [5.41, 5.74) is 3.24. The lowest BCUT2D eigenvalue weighted by Gasteiger charge is -2.18. The van der Waals surface area contributed by atoms with Gasteiger partial charge in [0.2, 0.25) is 0 Å². The predicted octanol–water partition coefficient (Wildman–Crippen LogP) is 2.08. The summed E-state index contributed by atoms with van der Waals surface area (Å²) in [6, 6.07) is 3.66. The van der Waals surface area contributed by atoms with Gasteiger partial charge >= 0.3 is 0 Å². The van der Waals surface area contributed by atoms with Gasteiger partial charge in [-0.05, 0) is 25.5 Å². The number of anilines is 1. The van der Waals surface area contributed by atoms with Crippen LogP contribution >= 0.6 is 0 Å². The van der Waals surface area contributed by atoms with Crippen molar-refractivity contribution in [3.63, 3.8) is 0 Å². The average molecular weight is 165 g/mol. The topological polar surface area (TPSA) is 23.5 Å². The first kappa shape index (κ1) is 8.91. The minimum absolute atomic E-state index is 0.365. The molecule has 1 rings (SSSR count). The van der Waals surface area contributed by atoms with Crippen molar-refractivity contribution in [3.8, 4) is 5.75 Å². The van der Waals surface area contributed by atoms with E-state index in [1.54, 1.807) is 6.07 Å². The standard InChI is InChI=1S/C10H15NO/c1-7-5-6-9(12)8(2)10(7)11(3)4/h5-6,12H,1-4H3. The average Bonchev–Trinajstić information content (AvgIpc) is 1.97. The van der Waals surface area contributed by atoms with E-state index in [2.05, 4.69) is 0 Å². The highest BCUT2D eigenvalue weighted by atomic mass is 16.3. The van der Waals surface area contributed by atoms with Crippen LogP contribution in [0.25, 0.3) is 0 Å². The van der Waals surface area contributed by atoms with Gasteiger partial charge < -0.3 is 10.0 Å². The number of phenols is 1. The molecule has 0 saturated carbocycles. The van der Waals surface area contributed by atoms with Gasteiger partial charge in [0.15, 0.2) is 0 Å². The fraction of sp³-hybridized carbons (Fsp3) is 0.400. The Labute approximate surface area is 73.4 Å². The number of benzene rings is 1. The van der Waals surface area contributed by atoms with E-state index < -0.39 is 0 Å². The van der Waals surface area contributed by atoms with Crippen molar-refractivity contribution in [2.24, 2.45) is 0 Å². The maximum atomic E-state index is 9.45. The Hall–Kier alpha value is -1.18. The molecule has 0 aliphatic carbocycles. The van der Waals surface area contributed by atoms with Gasteiger partial charge in [-0.25, -0.2) is 0 Å². The van der Waals surface area contributed by atoms with E-state index in [1.165, 1.54) is 5.56 Å². The Bertz CT molecular complexity index is 292. The van der Waals surface area contributed by atoms with E-state index in [1.807, 2.05) is 38.9 Å². The molecule has 12 heavy (non-hydrogen) atoms. The minimum atomic E-state index is 0.365. The smallest absolute Gasteiger partial charge is 0.120 e. The molecule has 0 aromatic heterocycles. The van der Waals surface area contributed by atoms with Gasteiger partial charge in [0.1, 0.15) is 5.75 Å². The summed E-state index contributed by atoms with van der Waals surface area (Å²) in [5.74, 6) is 0.365.